The van der Waals surface area contributed by atoms with Gasteiger partial charge in [-0.1, -0.05) is 12.1 Å². The maximum absolute atomic E-state index is 12.2. The van der Waals surface area contributed by atoms with Crippen LogP contribution < -0.4 is 0 Å². The zero-order valence-corrected chi connectivity index (χ0v) is 14.1. The van der Waals surface area contributed by atoms with Gasteiger partial charge in [0.2, 0.25) is 0 Å². The molecule has 2 aliphatic rings. The van der Waals surface area contributed by atoms with Crippen LogP contribution in [-0.2, 0) is 24.3 Å². The quantitative estimate of drug-likeness (QED) is 0.755. The number of esters is 1. The number of carbonyl (C=O) groups is 2. The first-order chi connectivity index (χ1) is 11.4. The Morgan fingerprint density at radius 2 is 2.08 bits per heavy atom. The molecular weight excluding hydrogens is 332 g/mol. The number of piperidine rings is 1. The minimum absolute atomic E-state index is 0.196. The Labute approximate surface area is 140 Å². The highest BCUT2D eigenvalue weighted by Crippen LogP contribution is 2.29. The summed E-state index contributed by atoms with van der Waals surface area (Å²) in [6.07, 6.45) is 1.37. The molecule has 1 saturated heterocycles. The first-order valence-corrected chi connectivity index (χ1v) is 9.18. The van der Waals surface area contributed by atoms with Crippen LogP contribution in [0.4, 0.5) is 0 Å². The molecule has 2 heterocycles. The number of rotatable bonds is 3. The number of ketones is 1. The summed E-state index contributed by atoms with van der Waals surface area (Å²) >= 11 is 0. The van der Waals surface area contributed by atoms with E-state index in [-0.39, 0.29) is 17.3 Å². The van der Waals surface area contributed by atoms with E-state index < -0.39 is 21.9 Å². The monoisotopic (exact) mass is 350 g/mol. The average Bonchev–Trinajstić information content (AvgIpc) is 2.85. The Bertz CT molecular complexity index is 816. The molecule has 24 heavy (non-hydrogen) atoms. The summed E-state index contributed by atoms with van der Waals surface area (Å²) in [5, 5.41) is 0. The van der Waals surface area contributed by atoms with Crippen LogP contribution in [-0.4, -0.2) is 50.6 Å². The summed E-state index contributed by atoms with van der Waals surface area (Å²) in [5.41, 5.74) is 0.565. The van der Waals surface area contributed by atoms with E-state index in [1.165, 1.54) is 13.0 Å². The lowest BCUT2D eigenvalue weighted by molar-refractivity contribution is -0.152. The summed E-state index contributed by atoms with van der Waals surface area (Å²) in [7, 11) is -3.68. The van der Waals surface area contributed by atoms with Gasteiger partial charge in [-0.3, -0.25) is 9.59 Å². The molecule has 7 nitrogen and oxygen atoms in total. The van der Waals surface area contributed by atoms with Crippen molar-refractivity contribution in [2.24, 2.45) is 10.3 Å². The molecular formula is C16H18N2O5S. The molecule has 1 aromatic carbocycles. The number of likely N-dealkylation sites (tertiary alicyclic amines) is 1. The third kappa shape index (κ3) is 3.19. The lowest BCUT2D eigenvalue weighted by atomic mass is 9.97. The van der Waals surface area contributed by atoms with Crippen molar-refractivity contribution >= 4 is 27.6 Å². The molecule has 1 aromatic rings. The van der Waals surface area contributed by atoms with Gasteiger partial charge in [0.15, 0.2) is 11.6 Å². The molecule has 8 heteroatoms. The summed E-state index contributed by atoms with van der Waals surface area (Å²) in [6.45, 7) is 2.08. The second kappa shape index (κ2) is 6.35. The van der Waals surface area contributed by atoms with Crippen molar-refractivity contribution in [1.82, 2.24) is 4.90 Å². The maximum atomic E-state index is 12.2. The maximum Gasteiger partial charge on any atom is 0.311 e. The Balaban J connectivity index is 1.79. The second-order valence-electron chi connectivity index (χ2n) is 5.98. The largest absolute Gasteiger partial charge is 0.457 e. The van der Waals surface area contributed by atoms with Crippen molar-refractivity contribution < 1.29 is 22.7 Å². The van der Waals surface area contributed by atoms with Crippen molar-refractivity contribution in [3.63, 3.8) is 0 Å². The molecule has 0 amide bonds. The number of sulfonamides is 1. The minimum atomic E-state index is -3.68. The second-order valence-corrected chi connectivity index (χ2v) is 7.55. The standard InChI is InChI=1S/C16H18N2O5S/c1-11(19)10-23-16(20)12-5-4-8-18(9-12)15-13-6-2-3-7-14(13)24(21,22)17-15/h2-3,6-7,12H,4-5,8-10H2,1H3/t12-/m0/s1. The smallest absolute Gasteiger partial charge is 0.311 e. The third-order valence-corrected chi connectivity index (χ3v) is 5.41. The number of fused-ring (bicyclic) bond motifs is 1. The number of amidine groups is 1. The highest BCUT2D eigenvalue weighted by molar-refractivity contribution is 7.90. The van der Waals surface area contributed by atoms with Crippen LogP contribution in [0.15, 0.2) is 33.6 Å². The Kier molecular flexibility index (Phi) is 4.40. The molecule has 0 N–H and O–H groups in total. The molecule has 1 fully saturated rings. The number of carbonyl (C=O) groups excluding carboxylic acids is 2. The average molecular weight is 350 g/mol. The molecule has 0 radical (unpaired) electrons. The SMILES string of the molecule is CC(=O)COC(=O)[C@H]1CCCN(C2=NS(=O)(=O)c3ccccc32)C1. The van der Waals surface area contributed by atoms with Gasteiger partial charge in [-0.05, 0) is 31.9 Å². The summed E-state index contributed by atoms with van der Waals surface area (Å²) < 4.78 is 33.2. The molecule has 2 aliphatic heterocycles. The van der Waals surface area contributed by atoms with Gasteiger partial charge in [-0.2, -0.15) is 8.42 Å². The van der Waals surface area contributed by atoms with E-state index in [4.69, 9.17) is 4.74 Å². The highest BCUT2D eigenvalue weighted by Gasteiger charge is 2.35. The van der Waals surface area contributed by atoms with Crippen molar-refractivity contribution in [2.45, 2.75) is 24.7 Å². The Morgan fingerprint density at radius 1 is 1.33 bits per heavy atom. The van der Waals surface area contributed by atoms with Crippen LogP contribution in [0.2, 0.25) is 0 Å². The third-order valence-electron chi connectivity index (χ3n) is 4.08. The summed E-state index contributed by atoms with van der Waals surface area (Å²) in [6, 6.07) is 6.67. The van der Waals surface area contributed by atoms with E-state index in [0.717, 1.165) is 6.42 Å². The van der Waals surface area contributed by atoms with E-state index in [2.05, 4.69) is 4.40 Å². The Morgan fingerprint density at radius 3 is 2.83 bits per heavy atom. The lowest BCUT2D eigenvalue weighted by Crippen LogP contribution is -2.43. The van der Waals surface area contributed by atoms with Crippen molar-refractivity contribution in [1.29, 1.82) is 0 Å². The van der Waals surface area contributed by atoms with Crippen molar-refractivity contribution in [3.8, 4) is 0 Å². The fourth-order valence-corrected chi connectivity index (χ4v) is 4.20. The van der Waals surface area contributed by atoms with Crippen LogP contribution in [0.3, 0.4) is 0 Å². The molecule has 0 saturated carbocycles. The van der Waals surface area contributed by atoms with Gasteiger partial charge in [-0.15, -0.1) is 4.40 Å². The predicted octanol–water partition coefficient (Wildman–Crippen LogP) is 0.980. The minimum Gasteiger partial charge on any atom is -0.457 e. The fourth-order valence-electron chi connectivity index (χ4n) is 2.97. The molecule has 0 unspecified atom stereocenters. The fraction of sp³-hybridized carbons (Fsp3) is 0.438. The van der Waals surface area contributed by atoms with Gasteiger partial charge in [-0.25, -0.2) is 0 Å². The molecule has 3 rings (SSSR count). The number of ether oxygens (including phenoxy) is 1. The predicted molar refractivity (Wildman–Crippen MR) is 86.1 cm³/mol. The molecule has 0 spiro atoms. The van der Waals surface area contributed by atoms with Crippen molar-refractivity contribution in [2.75, 3.05) is 19.7 Å². The topological polar surface area (TPSA) is 93.1 Å². The van der Waals surface area contributed by atoms with E-state index in [9.17, 15) is 18.0 Å². The van der Waals surface area contributed by atoms with E-state index >= 15 is 0 Å². The summed E-state index contributed by atoms with van der Waals surface area (Å²) in [4.78, 5) is 25.0. The van der Waals surface area contributed by atoms with Crippen molar-refractivity contribution in [3.05, 3.63) is 29.8 Å². The number of hydrogen-bond donors (Lipinski definition) is 0. The zero-order valence-electron chi connectivity index (χ0n) is 13.3. The Hall–Kier alpha value is -2.22. The summed E-state index contributed by atoms with van der Waals surface area (Å²) in [5.74, 6) is -0.647. The number of hydrogen-bond acceptors (Lipinski definition) is 6. The van der Waals surface area contributed by atoms with E-state index in [1.54, 1.807) is 18.2 Å². The van der Waals surface area contributed by atoms with Crippen LogP contribution in [0.25, 0.3) is 0 Å². The molecule has 1 atom stereocenters. The number of benzene rings is 1. The molecule has 0 bridgehead atoms. The van der Waals surface area contributed by atoms with Gasteiger partial charge in [0, 0.05) is 18.7 Å². The van der Waals surface area contributed by atoms with E-state index in [1.807, 2.05) is 4.90 Å². The van der Waals surface area contributed by atoms with Crippen LogP contribution >= 0.6 is 0 Å². The molecule has 128 valence electrons. The van der Waals surface area contributed by atoms with E-state index in [0.29, 0.717) is 30.9 Å². The number of Topliss-reactive ketones (excluding diaryl/α,β-unsaturated/α-hetero) is 1. The van der Waals surface area contributed by atoms with Crippen LogP contribution in [0.5, 0.6) is 0 Å². The highest BCUT2D eigenvalue weighted by atomic mass is 32.2. The van der Waals surface area contributed by atoms with Gasteiger partial charge in [0.25, 0.3) is 10.0 Å². The first-order valence-electron chi connectivity index (χ1n) is 7.74. The molecule has 0 aliphatic carbocycles. The molecule has 0 aromatic heterocycles. The zero-order chi connectivity index (χ0) is 17.3. The van der Waals surface area contributed by atoms with Gasteiger partial charge < -0.3 is 9.64 Å². The van der Waals surface area contributed by atoms with Gasteiger partial charge in [0.1, 0.15) is 11.5 Å². The van der Waals surface area contributed by atoms with Crippen LogP contribution in [0, 0.1) is 5.92 Å². The number of nitrogens with zero attached hydrogens (tertiary/aromatic N) is 2. The van der Waals surface area contributed by atoms with Gasteiger partial charge in [0.05, 0.1) is 5.92 Å². The van der Waals surface area contributed by atoms with Crippen LogP contribution in [0.1, 0.15) is 25.3 Å². The normalized spacial score (nSPS) is 21.8. The lowest BCUT2D eigenvalue weighted by Gasteiger charge is -2.32. The van der Waals surface area contributed by atoms with Gasteiger partial charge >= 0.3 is 5.97 Å². The first kappa shape index (κ1) is 16.6.